The molecular weight excluding hydrogens is 120 g/mol. The van der Waals surface area contributed by atoms with E-state index in [2.05, 4.69) is 5.11 Å². The van der Waals surface area contributed by atoms with Crippen molar-refractivity contribution in [2.75, 3.05) is 0 Å². The van der Waals surface area contributed by atoms with Crippen LogP contribution in [0.25, 0.3) is 0 Å². The zero-order valence-corrected chi connectivity index (χ0v) is 4.68. The third-order valence-electron chi connectivity index (χ3n) is 0.624. The molecule has 0 saturated carbocycles. The van der Waals surface area contributed by atoms with Crippen molar-refractivity contribution in [2.24, 2.45) is 0 Å². The second kappa shape index (κ2) is 4.32. The Labute approximate surface area is 64.2 Å². The highest BCUT2D eigenvalue weighted by atomic mass is 16.4. The lowest BCUT2D eigenvalue weighted by atomic mass is 10.2. The number of aliphatic hydroxyl groups is 1. The van der Waals surface area contributed by atoms with Gasteiger partial charge in [-0.15, -0.1) is 0 Å². The van der Waals surface area contributed by atoms with E-state index in [4.69, 9.17) is 14.8 Å². The average molecular weight is 139 g/mol. The smallest absolute Gasteiger partial charge is 0.303 e. The van der Waals surface area contributed by atoms with Crippen molar-refractivity contribution in [2.45, 2.75) is 32.1 Å². The molecule has 1 atom stereocenters. The second-order valence-electron chi connectivity index (χ2n) is 1.40. The number of hydrogen-bond donors (Lipinski definition) is 2. The Hall–Kier alpha value is -0.570. The Morgan fingerprint density at radius 2 is 3.00 bits per heavy atom. The molecule has 0 aliphatic carbocycles. The number of rotatable bonds is 5. The maximum atomic E-state index is 10.3. The molecule has 0 rings (SSSR count). The summed E-state index contributed by atoms with van der Waals surface area (Å²) >= 11 is 0. The fraction of sp³-hybridized carbons (Fsp3) is 0.833. The van der Waals surface area contributed by atoms with Crippen molar-refractivity contribution < 1.29 is 23.2 Å². The first-order chi connectivity index (χ1) is 6.98. The summed E-state index contributed by atoms with van der Waals surface area (Å²) in [5.41, 5.74) is 0. The predicted octanol–water partition coefficient (Wildman–Crippen LogP) is 0.622. The van der Waals surface area contributed by atoms with Crippen LogP contribution in [0.15, 0.2) is 0 Å². The van der Waals surface area contributed by atoms with Crippen molar-refractivity contribution >= 4 is 5.97 Å². The SMILES string of the molecule is [2H]OC([2H])(C([2H])([2H])[2H])C([2H])([2H])CCC(=O)O. The predicted molar refractivity (Wildman–Crippen MR) is 33.2 cm³/mol. The third kappa shape index (κ3) is 7.43. The molecule has 0 radical (unpaired) electrons. The van der Waals surface area contributed by atoms with Crippen molar-refractivity contribution in [3.63, 3.8) is 0 Å². The molecule has 2 N–H and O–H groups in total. The first-order valence-electron chi connectivity index (χ1n) is 5.75. The zero-order chi connectivity index (χ0) is 13.2. The largest absolute Gasteiger partial charge is 0.481 e. The fourth-order valence-corrected chi connectivity index (χ4v) is 0.283. The summed E-state index contributed by atoms with van der Waals surface area (Å²) in [6.45, 7) is -3.18. The molecule has 9 heavy (non-hydrogen) atoms. The second-order valence-corrected chi connectivity index (χ2v) is 1.40. The minimum Gasteiger partial charge on any atom is -0.481 e. The molecule has 0 aliphatic rings. The molecule has 0 amide bonds. The molecule has 0 aromatic heterocycles. The molecule has 0 bridgehead atoms. The van der Waals surface area contributed by atoms with Crippen molar-refractivity contribution in [3.8, 4) is 0 Å². The van der Waals surface area contributed by atoms with Gasteiger partial charge in [-0.25, -0.2) is 0 Å². The van der Waals surface area contributed by atoms with Crippen LogP contribution >= 0.6 is 0 Å². The molecule has 0 fully saturated rings. The molecule has 0 heterocycles. The van der Waals surface area contributed by atoms with E-state index in [1.165, 1.54) is 0 Å². The van der Waals surface area contributed by atoms with Gasteiger partial charge in [0.1, 0.15) is 0 Å². The Balaban J connectivity index is 5.00. The fourth-order valence-electron chi connectivity index (χ4n) is 0.283. The summed E-state index contributed by atoms with van der Waals surface area (Å²) in [4.78, 5) is 10.3. The Morgan fingerprint density at radius 3 is 3.44 bits per heavy atom. The van der Waals surface area contributed by atoms with Crippen molar-refractivity contribution in [1.82, 2.24) is 0 Å². The van der Waals surface area contributed by atoms with E-state index in [-0.39, 0.29) is 0 Å². The van der Waals surface area contributed by atoms with Crippen LogP contribution in [0.5, 0.6) is 0 Å². The van der Waals surface area contributed by atoms with Crippen LogP contribution in [0.1, 0.15) is 34.3 Å². The van der Waals surface area contributed by atoms with Crippen LogP contribution in [0, 0.1) is 0 Å². The zero-order valence-electron chi connectivity index (χ0n) is 11.7. The normalized spacial score (nSPS) is 30.9. The van der Waals surface area contributed by atoms with E-state index in [9.17, 15) is 4.79 Å². The molecule has 1 unspecified atom stereocenters. The van der Waals surface area contributed by atoms with Crippen LogP contribution < -0.4 is 0 Å². The van der Waals surface area contributed by atoms with Gasteiger partial charge in [-0.05, 0) is 19.6 Å². The van der Waals surface area contributed by atoms with Gasteiger partial charge in [0.2, 0.25) is 1.43 Å². The Kier molecular flexibility index (Phi) is 1.07. The van der Waals surface area contributed by atoms with Gasteiger partial charge >= 0.3 is 5.97 Å². The van der Waals surface area contributed by atoms with Crippen LogP contribution in [0.4, 0.5) is 0 Å². The van der Waals surface area contributed by atoms with Gasteiger partial charge in [0.05, 0.1) is 7.45 Å². The van der Waals surface area contributed by atoms with E-state index in [1.807, 2.05) is 0 Å². The number of carbonyl (C=O) groups is 1. The van der Waals surface area contributed by atoms with Gasteiger partial charge < -0.3 is 10.2 Å². The quantitative estimate of drug-likeness (QED) is 0.587. The number of carboxylic acid groups (broad SMARTS) is 1. The van der Waals surface area contributed by atoms with Gasteiger partial charge in [-0.3, -0.25) is 4.79 Å². The molecule has 54 valence electrons. The molecule has 0 aliphatic heterocycles. The van der Waals surface area contributed by atoms with Gasteiger partial charge in [-0.2, -0.15) is 0 Å². The highest BCUT2D eigenvalue weighted by Gasteiger charge is 1.98. The summed E-state index contributed by atoms with van der Waals surface area (Å²) in [6.07, 6.45) is -7.23. The van der Waals surface area contributed by atoms with Gasteiger partial charge in [-0.1, -0.05) is 0 Å². The van der Waals surface area contributed by atoms with E-state index < -0.39 is 38.1 Å². The first-order valence-corrected chi connectivity index (χ1v) is 2.34. The molecule has 0 aromatic carbocycles. The van der Waals surface area contributed by atoms with E-state index in [1.54, 1.807) is 0 Å². The maximum Gasteiger partial charge on any atom is 0.303 e. The van der Waals surface area contributed by atoms with Gasteiger partial charge in [0.25, 0.3) is 0 Å². The molecule has 0 saturated heterocycles. The first kappa shape index (κ1) is 2.23. The van der Waals surface area contributed by atoms with E-state index in [0.29, 0.717) is 0 Å². The minimum atomic E-state index is -3.18. The molecule has 0 spiro atoms. The molecular formula is C6H12O3. The molecule has 3 nitrogen and oxygen atoms in total. The highest BCUT2D eigenvalue weighted by molar-refractivity contribution is 5.66. The lowest BCUT2D eigenvalue weighted by molar-refractivity contribution is -0.137. The minimum absolute atomic E-state index is 0.646. The monoisotopic (exact) mass is 139 g/mol. The summed E-state index contributed by atoms with van der Waals surface area (Å²) in [7, 11) is 0. The van der Waals surface area contributed by atoms with Crippen LogP contribution in [0.2, 0.25) is 0 Å². The summed E-state index contributed by atoms with van der Waals surface area (Å²) in [5.74, 6) is -1.32. The van der Waals surface area contributed by atoms with Crippen molar-refractivity contribution in [1.29, 1.82) is 1.43 Å². The number of hydrogen-bond acceptors (Lipinski definition) is 2. The van der Waals surface area contributed by atoms with Crippen LogP contribution in [-0.4, -0.2) is 23.7 Å². The molecule has 3 heteroatoms. The summed E-state index contributed by atoms with van der Waals surface area (Å²) < 4.78 is 49.3. The summed E-state index contributed by atoms with van der Waals surface area (Å²) in [5, 5.41) is 12.0. The standard InChI is InChI=1S/C6H12O3/c1-5(7)3-2-4-6(8)9/h5,7H,2-4H2,1H3,(H,8,9)/i1D3,3D2,5D,7D. The van der Waals surface area contributed by atoms with Gasteiger partial charge in [0, 0.05) is 13.3 Å². The topological polar surface area (TPSA) is 57.5 Å². The van der Waals surface area contributed by atoms with E-state index in [0.717, 1.165) is 0 Å². The number of carboxylic acids is 1. The lowest BCUT2D eigenvalue weighted by Gasteiger charge is -1.99. The molecule has 0 aromatic rings. The lowest BCUT2D eigenvalue weighted by Crippen LogP contribution is -2.01. The average Bonchev–Trinajstić information content (AvgIpc) is 2.11. The summed E-state index contributed by atoms with van der Waals surface area (Å²) in [6, 6.07) is 0. The highest BCUT2D eigenvalue weighted by Crippen LogP contribution is 1.98. The third-order valence-corrected chi connectivity index (χ3v) is 0.624. The van der Waals surface area contributed by atoms with E-state index >= 15 is 0 Å². The number of aliphatic carboxylic acids is 1. The van der Waals surface area contributed by atoms with Crippen LogP contribution in [-0.2, 0) is 4.79 Å². The Morgan fingerprint density at radius 1 is 2.22 bits per heavy atom. The van der Waals surface area contributed by atoms with Crippen molar-refractivity contribution in [3.05, 3.63) is 0 Å². The maximum absolute atomic E-state index is 10.3. The van der Waals surface area contributed by atoms with Crippen LogP contribution in [0.3, 0.4) is 0 Å². The Bertz CT molecular complexity index is 263. The van der Waals surface area contributed by atoms with Gasteiger partial charge in [0.15, 0.2) is 0 Å².